The number of carbonyl (C=O) groups excluding carboxylic acids is 2. The van der Waals surface area contributed by atoms with Gasteiger partial charge < -0.3 is 14.8 Å². The maximum absolute atomic E-state index is 12.9. The number of benzene rings is 4. The lowest BCUT2D eigenvalue weighted by Gasteiger charge is -2.11. The van der Waals surface area contributed by atoms with E-state index in [0.717, 1.165) is 22.0 Å². The first kappa shape index (κ1) is 22.4. The Kier molecular flexibility index (Phi) is 6.32. The molecule has 35 heavy (non-hydrogen) atoms. The van der Waals surface area contributed by atoms with Crippen LogP contribution in [-0.2, 0) is 4.79 Å². The number of thioether (sulfide) groups is 1. The third kappa shape index (κ3) is 4.95. The van der Waals surface area contributed by atoms with Crippen LogP contribution < -0.4 is 14.8 Å². The van der Waals surface area contributed by atoms with E-state index >= 15 is 0 Å². The lowest BCUT2D eigenvalue weighted by atomic mass is 10.0. The maximum Gasteiger partial charge on any atom is 0.344 e. The Morgan fingerprint density at radius 1 is 0.914 bits per heavy atom. The molecule has 0 bridgehead atoms. The zero-order valence-corrected chi connectivity index (χ0v) is 19.5. The van der Waals surface area contributed by atoms with Crippen molar-refractivity contribution in [3.63, 3.8) is 0 Å². The molecule has 1 saturated heterocycles. The number of para-hydroxylation sites is 1. The van der Waals surface area contributed by atoms with Gasteiger partial charge in [0.1, 0.15) is 0 Å². The zero-order valence-electron chi connectivity index (χ0n) is 18.7. The molecule has 5 rings (SSSR count). The van der Waals surface area contributed by atoms with Crippen LogP contribution in [0.1, 0.15) is 15.9 Å². The van der Waals surface area contributed by atoms with Gasteiger partial charge in [-0.2, -0.15) is 0 Å². The summed E-state index contributed by atoms with van der Waals surface area (Å²) in [6, 6.07) is 27.7. The first-order chi connectivity index (χ1) is 17.1. The fraction of sp³-hybridized carbons (Fsp3) is 0.0357. The Hall–Kier alpha value is -4.36. The summed E-state index contributed by atoms with van der Waals surface area (Å²) in [5.41, 5.74) is 1.96. The number of hydrogen-bond acceptors (Lipinski definition) is 6. The molecule has 1 heterocycles. The quantitative estimate of drug-likeness (QED) is 0.217. The van der Waals surface area contributed by atoms with Gasteiger partial charge in [0.15, 0.2) is 16.7 Å². The minimum atomic E-state index is -0.473. The molecule has 0 aliphatic carbocycles. The van der Waals surface area contributed by atoms with E-state index in [9.17, 15) is 9.59 Å². The van der Waals surface area contributed by atoms with E-state index in [1.165, 1.54) is 18.9 Å². The van der Waals surface area contributed by atoms with Crippen LogP contribution >= 0.6 is 11.8 Å². The van der Waals surface area contributed by atoms with Gasteiger partial charge in [0.25, 0.3) is 5.91 Å². The molecule has 4 aromatic rings. The first-order valence-corrected chi connectivity index (χ1v) is 11.6. The van der Waals surface area contributed by atoms with E-state index in [1.807, 2.05) is 66.7 Å². The van der Waals surface area contributed by atoms with Crippen molar-refractivity contribution in [2.45, 2.75) is 0 Å². The van der Waals surface area contributed by atoms with Crippen LogP contribution in [0.25, 0.3) is 16.8 Å². The van der Waals surface area contributed by atoms with Gasteiger partial charge in [-0.05, 0) is 64.5 Å². The van der Waals surface area contributed by atoms with E-state index in [-0.39, 0.29) is 5.91 Å². The Balaban J connectivity index is 1.37. The molecular weight excluding hydrogens is 460 g/mol. The number of carbonyl (C=O) groups is 2. The summed E-state index contributed by atoms with van der Waals surface area (Å²) < 4.78 is 11.1. The SMILES string of the molecule is COc1cc(/C=C2\SC(=Nc3ccccc3)NC2=O)ccc1OC(=O)c1cccc2ccccc12. The Morgan fingerprint density at radius 3 is 2.51 bits per heavy atom. The minimum Gasteiger partial charge on any atom is -0.493 e. The number of nitrogens with zero attached hydrogens (tertiary/aromatic N) is 1. The molecule has 0 atom stereocenters. The van der Waals surface area contributed by atoms with Crippen molar-refractivity contribution in [1.82, 2.24) is 5.32 Å². The second-order valence-corrected chi connectivity index (χ2v) is 8.67. The standard InChI is InChI=1S/C28H20N2O4S/c1-33-24-16-18(17-25-26(31)30-28(35-25)29-20-10-3-2-4-11-20)14-15-23(24)34-27(32)22-13-7-9-19-8-5-6-12-21(19)22/h2-17H,1H3,(H,29,30,31)/b25-17-. The van der Waals surface area contributed by atoms with Crippen LogP contribution in [0.5, 0.6) is 11.5 Å². The number of ether oxygens (including phenoxy) is 2. The molecule has 1 aliphatic heterocycles. The highest BCUT2D eigenvalue weighted by Crippen LogP contribution is 2.33. The molecule has 6 nitrogen and oxygen atoms in total. The van der Waals surface area contributed by atoms with Gasteiger partial charge in [0, 0.05) is 0 Å². The molecule has 1 N–H and O–H groups in total. The number of esters is 1. The van der Waals surface area contributed by atoms with Gasteiger partial charge in [0.05, 0.1) is 23.3 Å². The molecule has 0 aromatic heterocycles. The molecule has 7 heteroatoms. The summed E-state index contributed by atoms with van der Waals surface area (Å²) in [5, 5.41) is 5.06. The summed E-state index contributed by atoms with van der Waals surface area (Å²) >= 11 is 1.26. The Bertz CT molecular complexity index is 1490. The highest BCUT2D eigenvalue weighted by Gasteiger charge is 2.24. The van der Waals surface area contributed by atoms with E-state index in [2.05, 4.69) is 10.3 Å². The van der Waals surface area contributed by atoms with E-state index in [4.69, 9.17) is 9.47 Å². The predicted octanol–water partition coefficient (Wildman–Crippen LogP) is 5.96. The Labute approximate surface area is 206 Å². The molecule has 0 radical (unpaired) electrons. The third-order valence-corrected chi connectivity index (χ3v) is 6.25. The molecule has 1 fully saturated rings. The number of aliphatic imine (C=N–C) groups is 1. The fourth-order valence-electron chi connectivity index (χ4n) is 3.67. The van der Waals surface area contributed by atoms with Crippen molar-refractivity contribution in [2.24, 2.45) is 4.99 Å². The number of amidine groups is 1. The van der Waals surface area contributed by atoms with Gasteiger partial charge in [-0.1, -0.05) is 60.7 Å². The zero-order chi connectivity index (χ0) is 24.2. The van der Waals surface area contributed by atoms with Crippen LogP contribution in [0.3, 0.4) is 0 Å². The van der Waals surface area contributed by atoms with Crippen molar-refractivity contribution < 1.29 is 19.1 Å². The first-order valence-electron chi connectivity index (χ1n) is 10.8. The molecular formula is C28H20N2O4S. The predicted molar refractivity (Wildman–Crippen MR) is 139 cm³/mol. The number of amides is 1. The number of hydrogen-bond donors (Lipinski definition) is 1. The highest BCUT2D eigenvalue weighted by atomic mass is 32.2. The van der Waals surface area contributed by atoms with Crippen LogP contribution in [0, 0.1) is 0 Å². The molecule has 0 saturated carbocycles. The van der Waals surface area contributed by atoms with Crippen molar-refractivity contribution in [2.75, 3.05) is 7.11 Å². The van der Waals surface area contributed by atoms with Gasteiger partial charge in [-0.25, -0.2) is 9.79 Å². The lowest BCUT2D eigenvalue weighted by Crippen LogP contribution is -2.19. The smallest absolute Gasteiger partial charge is 0.344 e. The lowest BCUT2D eigenvalue weighted by molar-refractivity contribution is -0.115. The molecule has 1 amide bonds. The minimum absolute atomic E-state index is 0.227. The van der Waals surface area contributed by atoms with Crippen molar-refractivity contribution in [3.05, 3.63) is 107 Å². The summed E-state index contributed by atoms with van der Waals surface area (Å²) in [7, 11) is 1.50. The van der Waals surface area contributed by atoms with E-state index in [1.54, 1.807) is 30.3 Å². The van der Waals surface area contributed by atoms with Crippen LogP contribution in [0.15, 0.2) is 101 Å². The van der Waals surface area contributed by atoms with E-state index in [0.29, 0.717) is 27.1 Å². The van der Waals surface area contributed by atoms with Crippen molar-refractivity contribution in [1.29, 1.82) is 0 Å². The highest BCUT2D eigenvalue weighted by molar-refractivity contribution is 8.18. The fourth-order valence-corrected chi connectivity index (χ4v) is 4.51. The summed E-state index contributed by atoms with van der Waals surface area (Å²) in [6.45, 7) is 0. The number of rotatable bonds is 5. The number of nitrogens with one attached hydrogen (secondary N) is 1. The summed E-state index contributed by atoms with van der Waals surface area (Å²) in [6.07, 6.45) is 1.74. The molecule has 172 valence electrons. The van der Waals surface area contributed by atoms with E-state index < -0.39 is 5.97 Å². The molecule has 1 aliphatic rings. The Morgan fingerprint density at radius 2 is 1.69 bits per heavy atom. The average molecular weight is 481 g/mol. The van der Waals surface area contributed by atoms with Crippen LogP contribution in [0.2, 0.25) is 0 Å². The molecule has 4 aromatic carbocycles. The molecule has 0 unspecified atom stereocenters. The van der Waals surface area contributed by atoms with Crippen molar-refractivity contribution >= 4 is 51.3 Å². The maximum atomic E-state index is 12.9. The summed E-state index contributed by atoms with van der Waals surface area (Å²) in [5.74, 6) is -0.0224. The van der Waals surface area contributed by atoms with Crippen LogP contribution in [-0.4, -0.2) is 24.2 Å². The number of fused-ring (bicyclic) bond motifs is 1. The summed E-state index contributed by atoms with van der Waals surface area (Å²) in [4.78, 5) is 30.3. The monoisotopic (exact) mass is 480 g/mol. The van der Waals surface area contributed by atoms with Gasteiger partial charge in [0.2, 0.25) is 0 Å². The topological polar surface area (TPSA) is 77.0 Å². The van der Waals surface area contributed by atoms with Gasteiger partial charge in [-0.15, -0.1) is 0 Å². The second kappa shape index (κ2) is 9.87. The largest absolute Gasteiger partial charge is 0.493 e. The van der Waals surface area contributed by atoms with Crippen molar-refractivity contribution in [3.8, 4) is 11.5 Å². The van der Waals surface area contributed by atoms with Gasteiger partial charge >= 0.3 is 5.97 Å². The number of methoxy groups -OCH3 is 1. The average Bonchev–Trinajstić information content (AvgIpc) is 3.23. The third-order valence-electron chi connectivity index (χ3n) is 5.34. The van der Waals surface area contributed by atoms with Crippen LogP contribution in [0.4, 0.5) is 5.69 Å². The molecule has 0 spiro atoms. The van der Waals surface area contributed by atoms with Gasteiger partial charge in [-0.3, -0.25) is 4.79 Å². The normalized spacial score (nSPS) is 15.4. The second-order valence-electron chi connectivity index (χ2n) is 7.64.